The normalized spacial score (nSPS) is 11.5. The van der Waals surface area contributed by atoms with Gasteiger partial charge < -0.3 is 0 Å². The minimum atomic E-state index is -3.60. The molecule has 124 valence electrons. The molecular formula is C15H19N3O3S2. The maximum absolute atomic E-state index is 12.4. The van der Waals surface area contributed by atoms with Gasteiger partial charge in [0.2, 0.25) is 10.0 Å². The highest BCUT2D eigenvalue weighted by Gasteiger charge is 2.18. The molecule has 23 heavy (non-hydrogen) atoms. The zero-order valence-electron chi connectivity index (χ0n) is 13.4. The summed E-state index contributed by atoms with van der Waals surface area (Å²) >= 11 is 1.39. The summed E-state index contributed by atoms with van der Waals surface area (Å²) in [4.78, 5) is 17.8. The zero-order chi connectivity index (χ0) is 17.2. The smallest absolute Gasteiger partial charge is 0.257 e. The van der Waals surface area contributed by atoms with Crippen LogP contribution in [0.15, 0.2) is 23.1 Å². The Morgan fingerprint density at radius 1 is 1.26 bits per heavy atom. The van der Waals surface area contributed by atoms with Crippen molar-refractivity contribution in [2.45, 2.75) is 32.6 Å². The first-order valence-electron chi connectivity index (χ1n) is 7.10. The van der Waals surface area contributed by atoms with Gasteiger partial charge in [-0.1, -0.05) is 13.0 Å². The third kappa shape index (κ3) is 3.95. The fourth-order valence-electron chi connectivity index (χ4n) is 1.98. The molecule has 6 nitrogen and oxygen atoms in total. The van der Waals surface area contributed by atoms with Crippen molar-refractivity contribution in [2.24, 2.45) is 0 Å². The molecule has 2 rings (SSSR count). The van der Waals surface area contributed by atoms with Crippen molar-refractivity contribution in [3.05, 3.63) is 39.9 Å². The lowest BCUT2D eigenvalue weighted by Gasteiger charge is -2.09. The summed E-state index contributed by atoms with van der Waals surface area (Å²) in [5.41, 5.74) is 1.88. The van der Waals surface area contributed by atoms with Gasteiger partial charge in [-0.2, -0.15) is 0 Å². The molecule has 0 radical (unpaired) electrons. The van der Waals surface area contributed by atoms with Crippen LogP contribution >= 0.6 is 11.3 Å². The van der Waals surface area contributed by atoms with E-state index in [0.29, 0.717) is 16.3 Å². The molecule has 0 spiro atoms. The molecule has 0 bridgehead atoms. The Bertz CT molecular complexity index is 822. The third-order valence-corrected chi connectivity index (χ3v) is 5.88. The number of sulfonamides is 1. The van der Waals surface area contributed by atoms with Gasteiger partial charge in [-0.05, 0) is 38.5 Å². The van der Waals surface area contributed by atoms with Gasteiger partial charge >= 0.3 is 0 Å². The molecule has 1 aromatic heterocycles. The topological polar surface area (TPSA) is 88.2 Å². The number of carbonyl (C=O) groups excluding carboxylic acids is 1. The van der Waals surface area contributed by atoms with Crippen molar-refractivity contribution >= 4 is 32.4 Å². The second kappa shape index (κ2) is 6.77. The van der Waals surface area contributed by atoms with E-state index in [1.807, 2.05) is 13.8 Å². The molecule has 8 heteroatoms. The monoisotopic (exact) mass is 353 g/mol. The Labute approximate surface area is 140 Å². The fraction of sp³-hybridized carbons (Fsp3) is 0.333. The van der Waals surface area contributed by atoms with Crippen molar-refractivity contribution < 1.29 is 13.2 Å². The van der Waals surface area contributed by atoms with E-state index in [1.54, 1.807) is 19.9 Å². The molecule has 0 fully saturated rings. The first-order valence-corrected chi connectivity index (χ1v) is 9.40. The Balaban J connectivity index is 2.33. The number of hydrogen-bond acceptors (Lipinski definition) is 5. The van der Waals surface area contributed by atoms with Crippen LogP contribution in [0.4, 0.5) is 5.13 Å². The summed E-state index contributed by atoms with van der Waals surface area (Å²) in [6.45, 7) is 7.55. The summed E-state index contributed by atoms with van der Waals surface area (Å²) in [6.07, 6.45) is 0. The Morgan fingerprint density at radius 3 is 2.52 bits per heavy atom. The van der Waals surface area contributed by atoms with Gasteiger partial charge in [-0.15, -0.1) is 11.3 Å². The van der Waals surface area contributed by atoms with Gasteiger partial charge in [0, 0.05) is 17.0 Å². The highest BCUT2D eigenvalue weighted by molar-refractivity contribution is 7.89. The fourth-order valence-corrected chi connectivity index (χ4v) is 3.85. The molecular weight excluding hydrogens is 334 g/mol. The summed E-state index contributed by atoms with van der Waals surface area (Å²) in [6, 6.07) is 4.50. The lowest BCUT2D eigenvalue weighted by atomic mass is 10.1. The number of amides is 1. The van der Waals surface area contributed by atoms with Crippen molar-refractivity contribution in [3.8, 4) is 0 Å². The van der Waals surface area contributed by atoms with E-state index in [4.69, 9.17) is 0 Å². The van der Waals surface area contributed by atoms with Crippen LogP contribution in [0.5, 0.6) is 0 Å². The van der Waals surface area contributed by atoms with Gasteiger partial charge in [0.15, 0.2) is 5.13 Å². The molecule has 1 heterocycles. The second-order valence-corrected chi connectivity index (χ2v) is 8.06. The average Bonchev–Trinajstić information content (AvgIpc) is 2.77. The number of hydrogen-bond donors (Lipinski definition) is 2. The van der Waals surface area contributed by atoms with Crippen LogP contribution in [0.25, 0.3) is 0 Å². The maximum atomic E-state index is 12.4. The van der Waals surface area contributed by atoms with Gasteiger partial charge in [0.1, 0.15) is 0 Å². The Kier molecular flexibility index (Phi) is 5.18. The first-order chi connectivity index (χ1) is 10.7. The minimum Gasteiger partial charge on any atom is -0.298 e. The van der Waals surface area contributed by atoms with Crippen LogP contribution in [0.2, 0.25) is 0 Å². The summed E-state index contributed by atoms with van der Waals surface area (Å²) < 4.78 is 26.6. The molecule has 0 saturated heterocycles. The van der Waals surface area contributed by atoms with E-state index >= 15 is 0 Å². The number of thiazole rings is 1. The lowest BCUT2D eigenvalue weighted by molar-refractivity contribution is 0.102. The minimum absolute atomic E-state index is 0.0709. The maximum Gasteiger partial charge on any atom is 0.257 e. The largest absolute Gasteiger partial charge is 0.298 e. The highest BCUT2D eigenvalue weighted by atomic mass is 32.2. The van der Waals surface area contributed by atoms with Crippen LogP contribution in [-0.4, -0.2) is 25.9 Å². The quantitative estimate of drug-likeness (QED) is 0.865. The van der Waals surface area contributed by atoms with Crippen LogP contribution < -0.4 is 10.0 Å². The van der Waals surface area contributed by atoms with Crippen molar-refractivity contribution in [3.63, 3.8) is 0 Å². The summed E-state index contributed by atoms with van der Waals surface area (Å²) in [7, 11) is -3.60. The second-order valence-electron chi connectivity index (χ2n) is 5.09. The van der Waals surface area contributed by atoms with Gasteiger partial charge in [-0.3, -0.25) is 10.1 Å². The number of benzene rings is 1. The van der Waals surface area contributed by atoms with Gasteiger partial charge in [0.05, 0.1) is 10.6 Å². The van der Waals surface area contributed by atoms with Crippen LogP contribution in [0.3, 0.4) is 0 Å². The molecule has 2 aromatic rings. The number of aromatic nitrogens is 1. The van der Waals surface area contributed by atoms with E-state index in [1.165, 1.54) is 23.5 Å². The Hall–Kier alpha value is -1.77. The van der Waals surface area contributed by atoms with E-state index in [2.05, 4.69) is 15.0 Å². The predicted octanol–water partition coefficient (Wildman–Crippen LogP) is 2.62. The average molecular weight is 353 g/mol. The first kappa shape index (κ1) is 17.6. The summed E-state index contributed by atoms with van der Waals surface area (Å²) in [5, 5.41) is 3.23. The van der Waals surface area contributed by atoms with E-state index in [-0.39, 0.29) is 17.3 Å². The molecule has 0 aliphatic heterocycles. The van der Waals surface area contributed by atoms with Crippen molar-refractivity contribution in [1.29, 1.82) is 0 Å². The number of nitrogens with zero attached hydrogens (tertiary/aromatic N) is 1. The third-order valence-electron chi connectivity index (χ3n) is 3.35. The zero-order valence-corrected chi connectivity index (χ0v) is 15.1. The molecule has 0 atom stereocenters. The number of aryl methyl sites for hydroxylation is 3. The number of rotatable bonds is 5. The standard InChI is InChI=1S/C15H19N3O3S2/c1-5-16-23(20,21)12-7-6-9(2)13(8-12)14(19)18-15-17-10(3)11(4)22-15/h6-8,16H,5H2,1-4H3,(H,17,18,19). The summed E-state index contributed by atoms with van der Waals surface area (Å²) in [5.74, 6) is -0.371. The van der Waals surface area contributed by atoms with Gasteiger partial charge in [0.25, 0.3) is 5.91 Å². The van der Waals surface area contributed by atoms with Crippen LogP contribution in [0.1, 0.15) is 33.4 Å². The molecule has 1 amide bonds. The number of nitrogens with one attached hydrogen (secondary N) is 2. The highest BCUT2D eigenvalue weighted by Crippen LogP contribution is 2.23. The number of anilines is 1. The van der Waals surface area contributed by atoms with Crippen LogP contribution in [-0.2, 0) is 10.0 Å². The van der Waals surface area contributed by atoms with Crippen LogP contribution in [0, 0.1) is 20.8 Å². The van der Waals surface area contributed by atoms with Crippen molar-refractivity contribution in [2.75, 3.05) is 11.9 Å². The number of carbonyl (C=O) groups is 1. The van der Waals surface area contributed by atoms with E-state index < -0.39 is 10.0 Å². The lowest BCUT2D eigenvalue weighted by Crippen LogP contribution is -2.24. The van der Waals surface area contributed by atoms with E-state index in [0.717, 1.165) is 10.6 Å². The van der Waals surface area contributed by atoms with E-state index in [9.17, 15) is 13.2 Å². The predicted molar refractivity (Wildman–Crippen MR) is 91.6 cm³/mol. The molecule has 0 unspecified atom stereocenters. The van der Waals surface area contributed by atoms with Gasteiger partial charge in [-0.25, -0.2) is 18.1 Å². The Morgan fingerprint density at radius 2 is 1.96 bits per heavy atom. The molecule has 0 aliphatic rings. The van der Waals surface area contributed by atoms with Crippen molar-refractivity contribution in [1.82, 2.24) is 9.71 Å². The molecule has 0 aliphatic carbocycles. The molecule has 2 N–H and O–H groups in total. The molecule has 1 aromatic carbocycles. The molecule has 0 saturated carbocycles. The SMILES string of the molecule is CCNS(=O)(=O)c1ccc(C)c(C(=O)Nc2nc(C)c(C)s2)c1.